The third-order valence-corrected chi connectivity index (χ3v) is 2.19. The first-order valence-corrected chi connectivity index (χ1v) is 4.78. The number of methoxy groups -OCH3 is 1. The van der Waals surface area contributed by atoms with Crippen LogP contribution in [0.4, 0.5) is 5.69 Å². The van der Waals surface area contributed by atoms with Crippen molar-refractivity contribution in [3.8, 4) is 5.75 Å². The zero-order chi connectivity index (χ0) is 10.6. The average Bonchev–Trinajstić information content (AvgIpc) is 2.20. The Morgan fingerprint density at radius 2 is 2.21 bits per heavy atom. The van der Waals surface area contributed by atoms with Gasteiger partial charge in [0.1, 0.15) is 5.75 Å². The molecule has 0 saturated heterocycles. The molecular formula is C11H18N2O. The molecule has 0 fully saturated rings. The number of rotatable bonds is 4. The fourth-order valence-corrected chi connectivity index (χ4v) is 1.25. The van der Waals surface area contributed by atoms with Gasteiger partial charge in [0, 0.05) is 18.3 Å². The van der Waals surface area contributed by atoms with Crippen molar-refractivity contribution in [2.75, 3.05) is 19.0 Å². The topological polar surface area (TPSA) is 47.3 Å². The molecule has 3 nitrogen and oxygen atoms in total. The van der Waals surface area contributed by atoms with Crippen LogP contribution < -0.4 is 15.8 Å². The fraction of sp³-hybridized carbons (Fsp3) is 0.455. The number of nitrogens with one attached hydrogen (secondary N) is 1. The molecule has 0 aliphatic rings. The molecule has 0 radical (unpaired) electrons. The number of anilines is 1. The van der Waals surface area contributed by atoms with Gasteiger partial charge in [0.2, 0.25) is 0 Å². The summed E-state index contributed by atoms with van der Waals surface area (Å²) in [5, 5.41) is 3.33. The van der Waals surface area contributed by atoms with Crippen molar-refractivity contribution >= 4 is 5.69 Å². The summed E-state index contributed by atoms with van der Waals surface area (Å²) in [5.41, 5.74) is 7.82. The van der Waals surface area contributed by atoms with Crippen molar-refractivity contribution in [2.24, 2.45) is 5.73 Å². The number of ether oxygens (including phenoxy) is 1. The molecule has 0 heterocycles. The second kappa shape index (κ2) is 4.86. The molecule has 1 unspecified atom stereocenters. The van der Waals surface area contributed by atoms with Gasteiger partial charge in [0.25, 0.3) is 0 Å². The molecule has 1 rings (SSSR count). The largest absolute Gasteiger partial charge is 0.497 e. The van der Waals surface area contributed by atoms with Crippen LogP contribution in [0.3, 0.4) is 0 Å². The van der Waals surface area contributed by atoms with Crippen LogP contribution in [0.25, 0.3) is 0 Å². The molecular weight excluding hydrogens is 176 g/mol. The van der Waals surface area contributed by atoms with Crippen LogP contribution in [0.5, 0.6) is 5.75 Å². The zero-order valence-corrected chi connectivity index (χ0v) is 9.00. The van der Waals surface area contributed by atoms with Gasteiger partial charge in [-0.2, -0.15) is 0 Å². The molecule has 1 aromatic carbocycles. The van der Waals surface area contributed by atoms with Crippen LogP contribution in [0.1, 0.15) is 12.5 Å². The minimum absolute atomic E-state index is 0.294. The van der Waals surface area contributed by atoms with Crippen LogP contribution in [0.2, 0.25) is 0 Å². The summed E-state index contributed by atoms with van der Waals surface area (Å²) < 4.78 is 5.13. The maximum absolute atomic E-state index is 5.54. The van der Waals surface area contributed by atoms with Crippen molar-refractivity contribution < 1.29 is 4.74 Å². The highest BCUT2D eigenvalue weighted by molar-refractivity contribution is 5.54. The van der Waals surface area contributed by atoms with Gasteiger partial charge in [-0.1, -0.05) is 0 Å². The van der Waals surface area contributed by atoms with Crippen molar-refractivity contribution in [3.63, 3.8) is 0 Å². The first kappa shape index (κ1) is 10.9. The van der Waals surface area contributed by atoms with E-state index in [9.17, 15) is 0 Å². The van der Waals surface area contributed by atoms with Crippen LogP contribution in [-0.2, 0) is 0 Å². The van der Waals surface area contributed by atoms with Crippen LogP contribution in [0, 0.1) is 6.92 Å². The van der Waals surface area contributed by atoms with Gasteiger partial charge in [-0.15, -0.1) is 0 Å². The lowest BCUT2D eigenvalue weighted by atomic mass is 10.1. The first-order chi connectivity index (χ1) is 6.67. The Balaban J connectivity index is 2.78. The van der Waals surface area contributed by atoms with E-state index in [1.54, 1.807) is 7.11 Å². The molecule has 3 heteroatoms. The van der Waals surface area contributed by atoms with E-state index < -0.39 is 0 Å². The van der Waals surface area contributed by atoms with Gasteiger partial charge in [-0.05, 0) is 37.6 Å². The van der Waals surface area contributed by atoms with Crippen LogP contribution in [0.15, 0.2) is 18.2 Å². The van der Waals surface area contributed by atoms with Crippen LogP contribution >= 0.6 is 0 Å². The van der Waals surface area contributed by atoms with Gasteiger partial charge >= 0.3 is 0 Å². The van der Waals surface area contributed by atoms with E-state index in [2.05, 4.69) is 12.2 Å². The van der Waals surface area contributed by atoms with Gasteiger partial charge in [0.15, 0.2) is 0 Å². The maximum atomic E-state index is 5.54. The highest BCUT2D eigenvalue weighted by atomic mass is 16.5. The fourth-order valence-electron chi connectivity index (χ4n) is 1.25. The molecule has 1 aromatic rings. The third kappa shape index (κ3) is 2.64. The minimum atomic E-state index is 0.294. The zero-order valence-electron chi connectivity index (χ0n) is 9.00. The van der Waals surface area contributed by atoms with Crippen molar-refractivity contribution in [2.45, 2.75) is 19.9 Å². The Bertz CT molecular complexity index is 299. The number of aryl methyl sites for hydroxylation is 1. The summed E-state index contributed by atoms with van der Waals surface area (Å²) in [7, 11) is 1.67. The van der Waals surface area contributed by atoms with E-state index >= 15 is 0 Å². The summed E-state index contributed by atoms with van der Waals surface area (Å²) in [6.45, 7) is 4.74. The monoisotopic (exact) mass is 194 g/mol. The van der Waals surface area contributed by atoms with Gasteiger partial charge in [-0.3, -0.25) is 0 Å². The van der Waals surface area contributed by atoms with E-state index in [1.165, 1.54) is 5.56 Å². The summed E-state index contributed by atoms with van der Waals surface area (Å²) in [6.07, 6.45) is 0. The molecule has 0 bridgehead atoms. The van der Waals surface area contributed by atoms with Crippen molar-refractivity contribution in [1.29, 1.82) is 0 Å². The summed E-state index contributed by atoms with van der Waals surface area (Å²) in [5.74, 6) is 0.883. The molecule has 0 spiro atoms. The first-order valence-electron chi connectivity index (χ1n) is 4.78. The highest BCUT2D eigenvalue weighted by Gasteiger charge is 2.02. The molecule has 14 heavy (non-hydrogen) atoms. The molecule has 0 aliphatic carbocycles. The molecule has 78 valence electrons. The number of nitrogens with two attached hydrogens (primary N) is 1. The van der Waals surface area contributed by atoms with E-state index in [4.69, 9.17) is 10.5 Å². The van der Waals surface area contributed by atoms with E-state index in [1.807, 2.05) is 25.1 Å². The molecule has 0 amide bonds. The lowest BCUT2D eigenvalue weighted by Crippen LogP contribution is -2.25. The Morgan fingerprint density at radius 3 is 2.71 bits per heavy atom. The van der Waals surface area contributed by atoms with Gasteiger partial charge < -0.3 is 15.8 Å². The lowest BCUT2D eigenvalue weighted by molar-refractivity contribution is 0.414. The number of benzene rings is 1. The van der Waals surface area contributed by atoms with Crippen molar-refractivity contribution in [1.82, 2.24) is 0 Å². The van der Waals surface area contributed by atoms with E-state index in [0.29, 0.717) is 12.6 Å². The summed E-state index contributed by atoms with van der Waals surface area (Å²) >= 11 is 0. The Labute approximate surface area is 85.3 Å². The summed E-state index contributed by atoms with van der Waals surface area (Å²) in [6, 6.07) is 6.26. The standard InChI is InChI=1S/C11H18N2O/c1-8-6-10(14-3)4-5-11(8)13-9(2)7-12/h4-6,9,13H,7,12H2,1-3H3. The molecule has 1 atom stereocenters. The Hall–Kier alpha value is -1.22. The minimum Gasteiger partial charge on any atom is -0.497 e. The van der Waals surface area contributed by atoms with E-state index in [0.717, 1.165) is 11.4 Å². The molecule has 0 aliphatic heterocycles. The SMILES string of the molecule is COc1ccc(NC(C)CN)c(C)c1. The molecule has 0 aromatic heterocycles. The molecule has 0 saturated carbocycles. The third-order valence-electron chi connectivity index (χ3n) is 2.19. The maximum Gasteiger partial charge on any atom is 0.119 e. The smallest absolute Gasteiger partial charge is 0.119 e. The Morgan fingerprint density at radius 1 is 1.50 bits per heavy atom. The van der Waals surface area contributed by atoms with Crippen molar-refractivity contribution in [3.05, 3.63) is 23.8 Å². The normalized spacial score (nSPS) is 12.3. The predicted molar refractivity (Wildman–Crippen MR) is 59.9 cm³/mol. The van der Waals surface area contributed by atoms with Crippen LogP contribution in [-0.4, -0.2) is 19.7 Å². The van der Waals surface area contributed by atoms with Gasteiger partial charge in [-0.25, -0.2) is 0 Å². The highest BCUT2D eigenvalue weighted by Crippen LogP contribution is 2.21. The van der Waals surface area contributed by atoms with E-state index in [-0.39, 0.29) is 0 Å². The molecule has 3 N–H and O–H groups in total. The second-order valence-corrected chi connectivity index (χ2v) is 3.46. The number of hydrogen-bond donors (Lipinski definition) is 2. The summed E-state index contributed by atoms with van der Waals surface area (Å²) in [4.78, 5) is 0. The quantitative estimate of drug-likeness (QED) is 0.767. The number of hydrogen-bond acceptors (Lipinski definition) is 3. The lowest BCUT2D eigenvalue weighted by Gasteiger charge is -2.15. The second-order valence-electron chi connectivity index (χ2n) is 3.46. The predicted octanol–water partition coefficient (Wildman–Crippen LogP) is 1.76. The van der Waals surface area contributed by atoms with Gasteiger partial charge in [0.05, 0.1) is 7.11 Å². The Kier molecular flexibility index (Phi) is 3.77. The average molecular weight is 194 g/mol.